The molecule has 0 radical (unpaired) electrons. The fraction of sp³-hybridized carbons (Fsp3) is 0.444. The summed E-state index contributed by atoms with van der Waals surface area (Å²) in [4.78, 5) is 17.4. The van der Waals surface area contributed by atoms with E-state index in [4.69, 9.17) is 6.42 Å². The summed E-state index contributed by atoms with van der Waals surface area (Å²) in [6.45, 7) is -0.333. The zero-order chi connectivity index (χ0) is 19.9. The molecule has 1 saturated heterocycles. The van der Waals surface area contributed by atoms with Crippen LogP contribution in [-0.2, 0) is 4.79 Å². The molecule has 1 amide bonds. The van der Waals surface area contributed by atoms with Crippen LogP contribution < -0.4 is 16.0 Å². The standard InChI is InChI=1S/C18H22F3N5O.HI/c1-3-13-5-4-6-14(9-13)24-16(27)10-23-17(22-2)25-15-7-8-26(11-15)12-18(19,20)21;/h1,4-6,9,15H,7-8,10-12H2,2H3,(H,24,27)(H2,22,23,25);1H. The minimum atomic E-state index is -4.20. The third-order valence-electron chi connectivity index (χ3n) is 3.97. The molecule has 0 saturated carbocycles. The van der Waals surface area contributed by atoms with E-state index in [1.165, 1.54) is 11.9 Å². The van der Waals surface area contributed by atoms with Crippen molar-refractivity contribution in [3.8, 4) is 12.3 Å². The minimum absolute atomic E-state index is 0. The van der Waals surface area contributed by atoms with Gasteiger partial charge in [0, 0.05) is 37.4 Å². The predicted octanol–water partition coefficient (Wildman–Crippen LogP) is 2.03. The molecule has 1 aliphatic rings. The summed E-state index contributed by atoms with van der Waals surface area (Å²) in [5.74, 6) is 2.56. The van der Waals surface area contributed by atoms with Crippen molar-refractivity contribution in [2.75, 3.05) is 38.5 Å². The number of halogens is 4. The van der Waals surface area contributed by atoms with Gasteiger partial charge in [-0.3, -0.25) is 14.7 Å². The van der Waals surface area contributed by atoms with Gasteiger partial charge in [0.25, 0.3) is 0 Å². The van der Waals surface area contributed by atoms with Gasteiger partial charge in [-0.25, -0.2) is 0 Å². The lowest BCUT2D eigenvalue weighted by Crippen LogP contribution is -2.47. The number of anilines is 1. The number of nitrogens with one attached hydrogen (secondary N) is 3. The topological polar surface area (TPSA) is 68.8 Å². The summed E-state index contributed by atoms with van der Waals surface area (Å²) in [5.41, 5.74) is 1.24. The zero-order valence-electron chi connectivity index (χ0n) is 15.3. The summed E-state index contributed by atoms with van der Waals surface area (Å²) in [5, 5.41) is 8.61. The average molecular weight is 509 g/mol. The summed E-state index contributed by atoms with van der Waals surface area (Å²) >= 11 is 0. The van der Waals surface area contributed by atoms with Crippen molar-refractivity contribution in [1.29, 1.82) is 0 Å². The van der Waals surface area contributed by atoms with Gasteiger partial charge < -0.3 is 16.0 Å². The zero-order valence-corrected chi connectivity index (χ0v) is 17.7. The first-order chi connectivity index (χ1) is 12.8. The van der Waals surface area contributed by atoms with Gasteiger partial charge in [-0.1, -0.05) is 12.0 Å². The molecule has 1 aromatic carbocycles. The van der Waals surface area contributed by atoms with E-state index in [-0.39, 0.29) is 49.0 Å². The van der Waals surface area contributed by atoms with Gasteiger partial charge in [0.15, 0.2) is 5.96 Å². The lowest BCUT2D eigenvalue weighted by Gasteiger charge is -2.19. The van der Waals surface area contributed by atoms with Gasteiger partial charge in [0.05, 0.1) is 13.1 Å². The maximum atomic E-state index is 12.4. The summed E-state index contributed by atoms with van der Waals surface area (Å²) in [7, 11) is 1.53. The summed E-state index contributed by atoms with van der Waals surface area (Å²) in [6, 6.07) is 6.74. The molecule has 154 valence electrons. The number of carbonyl (C=O) groups excluding carboxylic acids is 1. The molecule has 1 aliphatic heterocycles. The van der Waals surface area contributed by atoms with E-state index in [1.807, 2.05) is 0 Å². The van der Waals surface area contributed by atoms with Crippen LogP contribution in [0.4, 0.5) is 18.9 Å². The molecule has 1 heterocycles. The predicted molar refractivity (Wildman–Crippen MR) is 114 cm³/mol. The molecule has 0 spiro atoms. The van der Waals surface area contributed by atoms with Gasteiger partial charge in [-0.2, -0.15) is 13.2 Å². The van der Waals surface area contributed by atoms with Crippen molar-refractivity contribution in [2.24, 2.45) is 4.99 Å². The maximum Gasteiger partial charge on any atom is 0.401 e. The van der Waals surface area contributed by atoms with Crippen LogP contribution >= 0.6 is 24.0 Å². The van der Waals surface area contributed by atoms with Gasteiger partial charge in [0.2, 0.25) is 5.91 Å². The average Bonchev–Trinajstić information content (AvgIpc) is 3.03. The van der Waals surface area contributed by atoms with E-state index in [1.54, 1.807) is 24.3 Å². The Bertz CT molecular complexity index is 733. The molecular weight excluding hydrogens is 486 g/mol. The number of benzene rings is 1. The highest BCUT2D eigenvalue weighted by atomic mass is 127. The SMILES string of the molecule is C#Cc1cccc(NC(=O)CNC(=NC)NC2CCN(CC(F)(F)F)C2)c1.I. The molecule has 6 nitrogen and oxygen atoms in total. The molecule has 1 unspecified atom stereocenters. The first-order valence-corrected chi connectivity index (χ1v) is 8.42. The van der Waals surface area contributed by atoms with E-state index in [0.29, 0.717) is 30.2 Å². The van der Waals surface area contributed by atoms with Crippen LogP contribution in [0.2, 0.25) is 0 Å². The monoisotopic (exact) mass is 509 g/mol. The van der Waals surface area contributed by atoms with Crippen molar-refractivity contribution < 1.29 is 18.0 Å². The fourth-order valence-corrected chi connectivity index (χ4v) is 2.79. The molecule has 0 aliphatic carbocycles. The van der Waals surface area contributed by atoms with E-state index >= 15 is 0 Å². The number of carbonyl (C=O) groups is 1. The fourth-order valence-electron chi connectivity index (χ4n) is 2.79. The van der Waals surface area contributed by atoms with E-state index in [9.17, 15) is 18.0 Å². The highest BCUT2D eigenvalue weighted by molar-refractivity contribution is 14.0. The molecular formula is C18H23F3IN5O. The number of hydrogen-bond acceptors (Lipinski definition) is 3. The number of amides is 1. The second kappa shape index (κ2) is 11.1. The number of likely N-dealkylation sites (tertiary alicyclic amines) is 1. The number of nitrogens with zero attached hydrogens (tertiary/aromatic N) is 2. The minimum Gasteiger partial charge on any atom is -0.352 e. The van der Waals surface area contributed by atoms with Crippen LogP contribution in [0.3, 0.4) is 0 Å². The van der Waals surface area contributed by atoms with Crippen LogP contribution in [0, 0.1) is 12.3 Å². The van der Waals surface area contributed by atoms with Gasteiger partial charge in [-0.15, -0.1) is 30.4 Å². The molecule has 1 fully saturated rings. The Morgan fingerprint density at radius 3 is 2.82 bits per heavy atom. The number of hydrogen-bond donors (Lipinski definition) is 3. The van der Waals surface area contributed by atoms with Crippen molar-refractivity contribution in [3.05, 3.63) is 29.8 Å². The normalized spacial score (nSPS) is 17.4. The second-order valence-corrected chi connectivity index (χ2v) is 6.18. The molecule has 3 N–H and O–H groups in total. The first-order valence-electron chi connectivity index (χ1n) is 8.42. The van der Waals surface area contributed by atoms with Crippen molar-refractivity contribution >= 4 is 41.5 Å². The number of aliphatic imine (C=N–C) groups is 1. The van der Waals surface area contributed by atoms with Crippen LogP contribution in [0.15, 0.2) is 29.3 Å². The molecule has 0 bridgehead atoms. The Hall–Kier alpha value is -2.00. The van der Waals surface area contributed by atoms with E-state index in [0.717, 1.165) is 0 Å². The lowest BCUT2D eigenvalue weighted by molar-refractivity contribution is -0.143. The van der Waals surface area contributed by atoms with Gasteiger partial charge in [0.1, 0.15) is 0 Å². The van der Waals surface area contributed by atoms with Crippen molar-refractivity contribution in [1.82, 2.24) is 15.5 Å². The molecule has 1 aromatic rings. The molecule has 28 heavy (non-hydrogen) atoms. The van der Waals surface area contributed by atoms with Crippen LogP contribution in [-0.4, -0.2) is 62.2 Å². The van der Waals surface area contributed by atoms with Gasteiger partial charge in [-0.05, 0) is 24.6 Å². The molecule has 2 rings (SSSR count). The summed E-state index contributed by atoms with van der Waals surface area (Å²) in [6.07, 6.45) is 1.69. The highest BCUT2D eigenvalue weighted by Gasteiger charge is 2.34. The quantitative estimate of drug-likeness (QED) is 0.246. The van der Waals surface area contributed by atoms with Crippen LogP contribution in [0.1, 0.15) is 12.0 Å². The third-order valence-corrected chi connectivity index (χ3v) is 3.97. The lowest BCUT2D eigenvalue weighted by atomic mass is 10.2. The number of alkyl halides is 3. The number of guanidine groups is 1. The largest absolute Gasteiger partial charge is 0.401 e. The van der Waals surface area contributed by atoms with Crippen molar-refractivity contribution in [3.63, 3.8) is 0 Å². The Kier molecular flexibility index (Phi) is 9.54. The van der Waals surface area contributed by atoms with Crippen LogP contribution in [0.25, 0.3) is 0 Å². The maximum absolute atomic E-state index is 12.4. The van der Waals surface area contributed by atoms with Gasteiger partial charge >= 0.3 is 6.18 Å². The molecule has 1 atom stereocenters. The smallest absolute Gasteiger partial charge is 0.352 e. The Morgan fingerprint density at radius 1 is 1.43 bits per heavy atom. The number of rotatable bonds is 5. The Labute approximate surface area is 179 Å². The Morgan fingerprint density at radius 2 is 2.18 bits per heavy atom. The third kappa shape index (κ3) is 8.35. The highest BCUT2D eigenvalue weighted by Crippen LogP contribution is 2.19. The van der Waals surface area contributed by atoms with E-state index in [2.05, 4.69) is 26.9 Å². The second-order valence-electron chi connectivity index (χ2n) is 6.18. The first kappa shape index (κ1) is 24.0. The molecule has 0 aromatic heterocycles. The molecule has 10 heteroatoms. The Balaban J connectivity index is 0.00000392. The van der Waals surface area contributed by atoms with Crippen LogP contribution in [0.5, 0.6) is 0 Å². The van der Waals surface area contributed by atoms with E-state index < -0.39 is 12.7 Å². The summed E-state index contributed by atoms with van der Waals surface area (Å²) < 4.78 is 37.3. The van der Waals surface area contributed by atoms with Crippen molar-refractivity contribution in [2.45, 2.75) is 18.6 Å². The number of terminal acetylenes is 1.